The summed E-state index contributed by atoms with van der Waals surface area (Å²) in [6.07, 6.45) is -0.0816. The summed E-state index contributed by atoms with van der Waals surface area (Å²) in [6.45, 7) is 1.84. The zero-order valence-corrected chi connectivity index (χ0v) is 17.4. The van der Waals surface area contributed by atoms with Gasteiger partial charge < -0.3 is 9.47 Å². The number of methoxy groups -OCH3 is 2. The Labute approximate surface area is 175 Å². The van der Waals surface area contributed by atoms with Gasteiger partial charge in [0, 0.05) is 38.0 Å². The third-order valence-corrected chi connectivity index (χ3v) is 6.33. The summed E-state index contributed by atoms with van der Waals surface area (Å²) in [7, 11) is 2.95. The minimum atomic E-state index is -2.23. The quantitative estimate of drug-likeness (QED) is 0.694. The lowest BCUT2D eigenvalue weighted by molar-refractivity contribution is 0.00151. The molecule has 4 rings (SSSR count). The number of ketones is 1. The number of rotatable bonds is 6. The van der Waals surface area contributed by atoms with Gasteiger partial charge in [-0.2, -0.15) is 0 Å². The Kier molecular flexibility index (Phi) is 5.53. The standard InChI is InChI=1S/C24H27F2NO3/c1-29-20-12-18-14-24(26,22(28)19(18)13-21(20)30-2)16-23(25)8-10-27(11-9-23)15-17-6-4-3-5-7-17/h3-7,12-13H,8-11,14-16H2,1-2H3. The Hall–Kier alpha value is -2.47. The fraction of sp³-hybridized carbons (Fsp3) is 0.458. The van der Waals surface area contributed by atoms with Crippen LogP contribution in [0.15, 0.2) is 42.5 Å². The molecule has 1 aliphatic carbocycles. The first kappa shape index (κ1) is 20.8. The van der Waals surface area contributed by atoms with E-state index in [1.165, 1.54) is 25.8 Å². The van der Waals surface area contributed by atoms with Crippen LogP contribution in [0.5, 0.6) is 11.5 Å². The van der Waals surface area contributed by atoms with Crippen LogP contribution in [-0.2, 0) is 13.0 Å². The minimum Gasteiger partial charge on any atom is -0.493 e. The number of piperidine rings is 1. The van der Waals surface area contributed by atoms with Crippen molar-refractivity contribution in [2.45, 2.75) is 43.6 Å². The van der Waals surface area contributed by atoms with Crippen LogP contribution in [0.1, 0.15) is 40.7 Å². The lowest BCUT2D eigenvalue weighted by atomic mass is 9.81. The average Bonchev–Trinajstić information content (AvgIpc) is 2.98. The van der Waals surface area contributed by atoms with E-state index in [0.717, 1.165) is 6.54 Å². The summed E-state index contributed by atoms with van der Waals surface area (Å²) in [4.78, 5) is 15.0. The van der Waals surface area contributed by atoms with Gasteiger partial charge in [-0.3, -0.25) is 9.69 Å². The summed E-state index contributed by atoms with van der Waals surface area (Å²) < 4.78 is 41.8. The summed E-state index contributed by atoms with van der Waals surface area (Å²) in [6, 6.07) is 13.2. The normalized spacial score (nSPS) is 23.3. The van der Waals surface area contributed by atoms with Crippen LogP contribution in [0.2, 0.25) is 0 Å². The van der Waals surface area contributed by atoms with Crippen molar-refractivity contribution in [2.75, 3.05) is 27.3 Å². The first-order valence-electron chi connectivity index (χ1n) is 10.3. The van der Waals surface area contributed by atoms with E-state index < -0.39 is 23.5 Å². The minimum absolute atomic E-state index is 0.124. The maximum atomic E-state index is 15.8. The molecule has 4 nitrogen and oxygen atoms in total. The second kappa shape index (κ2) is 7.99. The molecule has 1 saturated heterocycles. The van der Waals surface area contributed by atoms with E-state index in [1.54, 1.807) is 6.07 Å². The zero-order valence-electron chi connectivity index (χ0n) is 17.4. The van der Waals surface area contributed by atoms with Crippen molar-refractivity contribution >= 4 is 5.78 Å². The van der Waals surface area contributed by atoms with Gasteiger partial charge in [-0.25, -0.2) is 8.78 Å². The highest BCUT2D eigenvalue weighted by Gasteiger charge is 2.52. The molecule has 1 heterocycles. The monoisotopic (exact) mass is 415 g/mol. The Morgan fingerprint density at radius 1 is 1.00 bits per heavy atom. The molecule has 1 unspecified atom stereocenters. The molecule has 30 heavy (non-hydrogen) atoms. The molecule has 0 radical (unpaired) electrons. The zero-order chi connectivity index (χ0) is 21.4. The molecule has 1 aliphatic heterocycles. The number of Topliss-reactive ketones (excluding diaryl/α,β-unsaturated/α-hetero) is 1. The van der Waals surface area contributed by atoms with E-state index in [-0.39, 0.29) is 24.8 Å². The van der Waals surface area contributed by atoms with E-state index in [1.807, 2.05) is 30.3 Å². The Morgan fingerprint density at radius 2 is 1.63 bits per heavy atom. The topological polar surface area (TPSA) is 38.8 Å². The van der Waals surface area contributed by atoms with Crippen molar-refractivity contribution in [2.24, 2.45) is 0 Å². The number of likely N-dealkylation sites (tertiary alicyclic amines) is 1. The third kappa shape index (κ3) is 3.93. The number of carbonyl (C=O) groups excluding carboxylic acids is 1. The summed E-state index contributed by atoms with van der Waals surface area (Å²) in [5, 5.41) is 0. The molecule has 0 aromatic heterocycles. The van der Waals surface area contributed by atoms with Crippen LogP contribution in [-0.4, -0.2) is 49.3 Å². The van der Waals surface area contributed by atoms with Gasteiger partial charge in [-0.05, 0) is 36.1 Å². The molecule has 1 fully saturated rings. The summed E-state index contributed by atoms with van der Waals surface area (Å²) in [5.41, 5.74) is -1.93. The molecule has 2 aliphatic rings. The molecular formula is C24H27F2NO3. The first-order valence-corrected chi connectivity index (χ1v) is 10.3. The second-order valence-corrected chi connectivity index (χ2v) is 8.42. The molecule has 1 atom stereocenters. The van der Waals surface area contributed by atoms with Crippen molar-refractivity contribution in [3.05, 3.63) is 59.2 Å². The van der Waals surface area contributed by atoms with E-state index in [9.17, 15) is 4.79 Å². The second-order valence-electron chi connectivity index (χ2n) is 8.42. The van der Waals surface area contributed by atoms with Crippen LogP contribution in [0.3, 0.4) is 0 Å². The van der Waals surface area contributed by atoms with Crippen LogP contribution < -0.4 is 9.47 Å². The number of alkyl halides is 2. The van der Waals surface area contributed by atoms with Gasteiger partial charge in [0.05, 0.1) is 14.2 Å². The van der Waals surface area contributed by atoms with Gasteiger partial charge >= 0.3 is 0 Å². The number of hydrogen-bond acceptors (Lipinski definition) is 4. The lowest BCUT2D eigenvalue weighted by Gasteiger charge is -2.38. The van der Waals surface area contributed by atoms with Crippen LogP contribution in [0.25, 0.3) is 0 Å². The molecule has 160 valence electrons. The predicted octanol–water partition coefficient (Wildman–Crippen LogP) is 4.55. The van der Waals surface area contributed by atoms with Crippen LogP contribution in [0, 0.1) is 0 Å². The molecule has 2 aromatic rings. The molecule has 0 amide bonds. The van der Waals surface area contributed by atoms with Gasteiger partial charge in [-0.15, -0.1) is 0 Å². The van der Waals surface area contributed by atoms with Crippen molar-refractivity contribution in [1.82, 2.24) is 4.90 Å². The summed E-state index contributed by atoms with van der Waals surface area (Å²) >= 11 is 0. The molecule has 0 saturated carbocycles. The molecule has 0 spiro atoms. The van der Waals surface area contributed by atoms with E-state index in [4.69, 9.17) is 9.47 Å². The highest BCUT2D eigenvalue weighted by atomic mass is 19.2. The number of hydrogen-bond donors (Lipinski definition) is 0. The number of halogens is 2. The van der Waals surface area contributed by atoms with Crippen LogP contribution in [0.4, 0.5) is 8.78 Å². The number of ether oxygens (including phenoxy) is 2. The average molecular weight is 415 g/mol. The van der Waals surface area contributed by atoms with E-state index in [0.29, 0.717) is 30.2 Å². The van der Waals surface area contributed by atoms with Gasteiger partial charge in [0.1, 0.15) is 5.67 Å². The molecular weight excluding hydrogens is 388 g/mol. The first-order chi connectivity index (χ1) is 14.4. The number of nitrogens with zero attached hydrogens (tertiary/aromatic N) is 1. The van der Waals surface area contributed by atoms with Crippen molar-refractivity contribution in [3.8, 4) is 11.5 Å². The molecule has 6 heteroatoms. The molecule has 2 aromatic carbocycles. The number of carbonyl (C=O) groups is 1. The largest absolute Gasteiger partial charge is 0.493 e. The highest BCUT2D eigenvalue weighted by molar-refractivity contribution is 6.07. The smallest absolute Gasteiger partial charge is 0.200 e. The maximum absolute atomic E-state index is 15.8. The SMILES string of the molecule is COc1cc2c(cc1OC)C(=O)C(F)(CC1(F)CCN(Cc3ccccc3)CC1)C2. The fourth-order valence-electron chi connectivity index (χ4n) is 4.68. The van der Waals surface area contributed by atoms with Gasteiger partial charge in [-0.1, -0.05) is 30.3 Å². The number of fused-ring (bicyclic) bond motifs is 1. The Bertz CT molecular complexity index is 926. The Balaban J connectivity index is 1.44. The van der Waals surface area contributed by atoms with Gasteiger partial charge in [0.2, 0.25) is 5.78 Å². The van der Waals surface area contributed by atoms with Gasteiger partial charge in [0.15, 0.2) is 17.2 Å². The lowest BCUT2D eigenvalue weighted by Crippen LogP contribution is -2.47. The summed E-state index contributed by atoms with van der Waals surface area (Å²) in [5.74, 6) is 0.165. The van der Waals surface area contributed by atoms with E-state index in [2.05, 4.69) is 4.90 Å². The third-order valence-electron chi connectivity index (χ3n) is 6.33. The van der Waals surface area contributed by atoms with Crippen molar-refractivity contribution in [1.29, 1.82) is 0 Å². The number of benzene rings is 2. The van der Waals surface area contributed by atoms with Crippen molar-refractivity contribution in [3.63, 3.8) is 0 Å². The fourth-order valence-corrected chi connectivity index (χ4v) is 4.68. The maximum Gasteiger partial charge on any atom is 0.200 e. The highest BCUT2D eigenvalue weighted by Crippen LogP contribution is 2.45. The van der Waals surface area contributed by atoms with Gasteiger partial charge in [0.25, 0.3) is 0 Å². The van der Waals surface area contributed by atoms with Crippen molar-refractivity contribution < 1.29 is 23.0 Å². The molecule has 0 N–H and O–H groups in total. The molecule has 0 bridgehead atoms. The predicted molar refractivity (Wildman–Crippen MR) is 111 cm³/mol. The van der Waals surface area contributed by atoms with E-state index >= 15 is 8.78 Å². The van der Waals surface area contributed by atoms with Crippen LogP contribution >= 0.6 is 0 Å². The Morgan fingerprint density at radius 3 is 2.27 bits per heavy atom.